The summed E-state index contributed by atoms with van der Waals surface area (Å²) < 4.78 is 0. The molecule has 4 nitrogen and oxygen atoms in total. The normalized spacial score (nSPS) is 31.7. The number of nitrogens with zero attached hydrogens (tertiary/aromatic N) is 1. The van der Waals surface area contributed by atoms with Gasteiger partial charge in [0.25, 0.3) is 0 Å². The van der Waals surface area contributed by atoms with Crippen molar-refractivity contribution in [3.05, 3.63) is 0 Å². The van der Waals surface area contributed by atoms with E-state index in [0.29, 0.717) is 0 Å². The summed E-state index contributed by atoms with van der Waals surface area (Å²) in [5.74, 6) is -0.784. The summed E-state index contributed by atoms with van der Waals surface area (Å²) in [6.07, 6.45) is 1.76. The monoisotopic (exact) mass is 157 g/mol. The van der Waals surface area contributed by atoms with Gasteiger partial charge in [0.15, 0.2) is 0 Å². The third-order valence-electron chi connectivity index (χ3n) is 1.87. The van der Waals surface area contributed by atoms with Gasteiger partial charge in [0.1, 0.15) is 0 Å². The summed E-state index contributed by atoms with van der Waals surface area (Å²) in [6.45, 7) is 0.721. The lowest BCUT2D eigenvalue weighted by Gasteiger charge is -2.24. The van der Waals surface area contributed by atoms with Gasteiger partial charge in [-0.25, -0.2) is 5.32 Å². The molecule has 1 aliphatic heterocycles. The second-order valence-electron chi connectivity index (χ2n) is 2.94. The van der Waals surface area contributed by atoms with Crippen LogP contribution in [0.2, 0.25) is 0 Å². The highest BCUT2D eigenvalue weighted by Gasteiger charge is 2.21. The minimum Gasteiger partial charge on any atom is -0.481 e. The zero-order valence-electron chi connectivity index (χ0n) is 6.36. The van der Waals surface area contributed by atoms with E-state index in [1.807, 2.05) is 0 Å². The summed E-state index contributed by atoms with van der Waals surface area (Å²) in [5, 5.41) is 12.6. The molecule has 11 heavy (non-hydrogen) atoms. The van der Waals surface area contributed by atoms with Crippen molar-refractivity contribution in [2.24, 2.45) is 5.73 Å². The van der Waals surface area contributed by atoms with Gasteiger partial charge in [-0.1, -0.05) is 0 Å². The Balaban J connectivity index is 2.28. The second-order valence-corrected chi connectivity index (χ2v) is 2.94. The molecule has 2 atom stereocenters. The highest BCUT2D eigenvalue weighted by molar-refractivity contribution is 5.67. The van der Waals surface area contributed by atoms with E-state index in [2.05, 4.69) is 5.32 Å². The largest absolute Gasteiger partial charge is 0.481 e. The van der Waals surface area contributed by atoms with Crippen LogP contribution in [0.15, 0.2) is 0 Å². The van der Waals surface area contributed by atoms with Crippen LogP contribution in [0, 0.1) is 0 Å². The Kier molecular flexibility index (Phi) is 2.84. The van der Waals surface area contributed by atoms with Gasteiger partial charge in [0.05, 0.1) is 6.42 Å². The quantitative estimate of drug-likeness (QED) is 0.570. The lowest BCUT2D eigenvalue weighted by atomic mass is 9.98. The molecule has 1 radical (unpaired) electrons. The van der Waals surface area contributed by atoms with E-state index in [1.54, 1.807) is 0 Å². The molecule has 3 N–H and O–H groups in total. The number of hydrogen-bond donors (Lipinski definition) is 2. The topological polar surface area (TPSA) is 77.4 Å². The molecule has 63 valence electrons. The van der Waals surface area contributed by atoms with Crippen molar-refractivity contribution < 1.29 is 9.90 Å². The van der Waals surface area contributed by atoms with E-state index in [0.717, 1.165) is 19.4 Å². The summed E-state index contributed by atoms with van der Waals surface area (Å²) in [7, 11) is 0. The van der Waals surface area contributed by atoms with Crippen LogP contribution in [0.1, 0.15) is 19.3 Å². The zero-order chi connectivity index (χ0) is 8.27. The maximum Gasteiger partial charge on any atom is 0.304 e. The van der Waals surface area contributed by atoms with Crippen LogP contribution in [-0.4, -0.2) is 29.7 Å². The van der Waals surface area contributed by atoms with E-state index in [4.69, 9.17) is 10.8 Å². The van der Waals surface area contributed by atoms with E-state index >= 15 is 0 Å². The van der Waals surface area contributed by atoms with Crippen LogP contribution >= 0.6 is 0 Å². The van der Waals surface area contributed by atoms with E-state index in [-0.39, 0.29) is 18.5 Å². The molecule has 2 unspecified atom stereocenters. The first kappa shape index (κ1) is 8.49. The van der Waals surface area contributed by atoms with Crippen LogP contribution in [0.5, 0.6) is 0 Å². The van der Waals surface area contributed by atoms with Crippen molar-refractivity contribution in [2.75, 3.05) is 6.54 Å². The summed E-state index contributed by atoms with van der Waals surface area (Å²) >= 11 is 0. The van der Waals surface area contributed by atoms with Gasteiger partial charge in [0, 0.05) is 18.6 Å². The Bertz CT molecular complexity index is 149. The summed E-state index contributed by atoms with van der Waals surface area (Å²) in [6, 6.07) is 0.105. The molecule has 0 saturated carbocycles. The molecule has 0 spiro atoms. The second kappa shape index (κ2) is 3.69. The van der Waals surface area contributed by atoms with Crippen LogP contribution in [0.3, 0.4) is 0 Å². The smallest absolute Gasteiger partial charge is 0.304 e. The first-order valence-electron chi connectivity index (χ1n) is 3.82. The van der Waals surface area contributed by atoms with E-state index in [9.17, 15) is 4.79 Å². The molecule has 1 rings (SSSR count). The van der Waals surface area contributed by atoms with Crippen molar-refractivity contribution in [1.82, 2.24) is 5.32 Å². The molecule has 1 fully saturated rings. The first-order chi connectivity index (χ1) is 5.18. The average Bonchev–Trinajstić information content (AvgIpc) is 1.85. The Morgan fingerprint density at radius 3 is 3.00 bits per heavy atom. The van der Waals surface area contributed by atoms with Gasteiger partial charge < -0.3 is 10.8 Å². The van der Waals surface area contributed by atoms with Crippen molar-refractivity contribution in [1.29, 1.82) is 0 Å². The van der Waals surface area contributed by atoms with Gasteiger partial charge >= 0.3 is 5.97 Å². The molecule has 0 aliphatic carbocycles. The molecule has 4 heteroatoms. The molecule has 1 saturated heterocycles. The third-order valence-corrected chi connectivity index (χ3v) is 1.87. The standard InChI is InChI=1S/C7H13N2O2/c8-5-1-2-9-6(3-5)4-7(10)11/h5-6H,1-4,8H2,(H,10,11). The fourth-order valence-electron chi connectivity index (χ4n) is 1.31. The Morgan fingerprint density at radius 2 is 2.45 bits per heavy atom. The lowest BCUT2D eigenvalue weighted by molar-refractivity contribution is -0.137. The fraction of sp³-hybridized carbons (Fsp3) is 0.857. The van der Waals surface area contributed by atoms with Crippen molar-refractivity contribution in [2.45, 2.75) is 31.3 Å². The number of hydrogen-bond acceptors (Lipinski definition) is 2. The van der Waals surface area contributed by atoms with Crippen LogP contribution in [0.25, 0.3) is 0 Å². The van der Waals surface area contributed by atoms with Crippen LogP contribution in [0.4, 0.5) is 0 Å². The van der Waals surface area contributed by atoms with Crippen molar-refractivity contribution in [3.8, 4) is 0 Å². The predicted octanol–water partition coefficient (Wildman–Crippen LogP) is -0.445. The molecule has 0 aromatic heterocycles. The molecule has 0 aromatic carbocycles. The average molecular weight is 157 g/mol. The Hall–Kier alpha value is -0.610. The highest BCUT2D eigenvalue weighted by atomic mass is 16.4. The van der Waals surface area contributed by atoms with Crippen molar-refractivity contribution in [3.63, 3.8) is 0 Å². The molecular weight excluding hydrogens is 144 g/mol. The molecule has 0 bridgehead atoms. The van der Waals surface area contributed by atoms with Crippen molar-refractivity contribution >= 4 is 5.97 Å². The zero-order valence-corrected chi connectivity index (χ0v) is 6.36. The summed E-state index contributed by atoms with van der Waals surface area (Å²) in [5.41, 5.74) is 5.65. The van der Waals surface area contributed by atoms with Gasteiger partial charge in [-0.3, -0.25) is 4.79 Å². The third kappa shape index (κ3) is 2.86. The van der Waals surface area contributed by atoms with E-state index in [1.165, 1.54) is 0 Å². The summed E-state index contributed by atoms with van der Waals surface area (Å²) in [4.78, 5) is 10.3. The molecule has 1 aliphatic rings. The van der Waals surface area contributed by atoms with Crippen LogP contribution < -0.4 is 11.1 Å². The van der Waals surface area contributed by atoms with E-state index < -0.39 is 5.97 Å². The number of nitrogens with two attached hydrogens (primary N) is 1. The fourth-order valence-corrected chi connectivity index (χ4v) is 1.31. The number of piperidine rings is 1. The number of rotatable bonds is 2. The SMILES string of the molecule is NC1CC[N]C(CC(=O)O)C1. The van der Waals surface area contributed by atoms with Gasteiger partial charge in [0.2, 0.25) is 0 Å². The number of carbonyl (C=O) groups is 1. The van der Waals surface area contributed by atoms with Crippen LogP contribution in [-0.2, 0) is 4.79 Å². The maximum atomic E-state index is 10.3. The molecular formula is C7H13N2O2. The first-order valence-corrected chi connectivity index (χ1v) is 3.82. The lowest BCUT2D eigenvalue weighted by Crippen LogP contribution is -2.40. The van der Waals surface area contributed by atoms with Gasteiger partial charge in [-0.05, 0) is 12.8 Å². The Morgan fingerprint density at radius 1 is 1.73 bits per heavy atom. The minimum absolute atomic E-state index is 0.0451. The Labute approximate surface area is 65.8 Å². The van der Waals surface area contributed by atoms with Gasteiger partial charge in [-0.15, -0.1) is 0 Å². The molecule has 0 amide bonds. The predicted molar refractivity (Wildman–Crippen MR) is 40.3 cm³/mol. The number of carboxylic acid groups (broad SMARTS) is 1. The maximum absolute atomic E-state index is 10.3. The minimum atomic E-state index is -0.784. The molecule has 0 aromatic rings. The number of carboxylic acids is 1. The van der Waals surface area contributed by atoms with Gasteiger partial charge in [-0.2, -0.15) is 0 Å². The highest BCUT2D eigenvalue weighted by Crippen LogP contribution is 2.10. The molecule has 1 heterocycles. The number of aliphatic carboxylic acids is 1.